The van der Waals surface area contributed by atoms with Crippen LogP contribution in [0.25, 0.3) is 0 Å². The summed E-state index contributed by atoms with van der Waals surface area (Å²) in [5.74, 6) is 0.674. The van der Waals surface area contributed by atoms with Crippen LogP contribution in [0.2, 0.25) is 0 Å². The number of rotatable bonds is 2. The summed E-state index contributed by atoms with van der Waals surface area (Å²) < 4.78 is 0. The zero-order valence-corrected chi connectivity index (χ0v) is 11.1. The second kappa shape index (κ2) is 5.19. The van der Waals surface area contributed by atoms with E-state index in [1.54, 1.807) is 0 Å². The van der Waals surface area contributed by atoms with Crippen molar-refractivity contribution in [3.63, 3.8) is 0 Å². The second-order valence-corrected chi connectivity index (χ2v) is 5.39. The minimum absolute atomic E-state index is 0.180. The van der Waals surface area contributed by atoms with Gasteiger partial charge < -0.3 is 0 Å². The molecule has 0 N–H and O–H groups in total. The van der Waals surface area contributed by atoms with Gasteiger partial charge in [-0.25, -0.2) is 0 Å². The average molecular weight is 247 g/mol. The lowest BCUT2D eigenvalue weighted by Crippen LogP contribution is -2.15. The molecule has 0 saturated heterocycles. The van der Waals surface area contributed by atoms with E-state index < -0.39 is 0 Å². The molecule has 0 amide bonds. The summed E-state index contributed by atoms with van der Waals surface area (Å²) in [6.07, 6.45) is 6.58. The van der Waals surface area contributed by atoms with Crippen LogP contribution in [0.15, 0.2) is 18.2 Å². The van der Waals surface area contributed by atoms with Crippen molar-refractivity contribution in [2.24, 2.45) is 0 Å². The van der Waals surface area contributed by atoms with Crippen molar-refractivity contribution in [2.75, 3.05) is 0 Å². The Morgan fingerprint density at radius 3 is 2.50 bits per heavy atom. The first kappa shape index (κ1) is 11.9. The van der Waals surface area contributed by atoms with Gasteiger partial charge in [0, 0.05) is 5.56 Å². The van der Waals surface area contributed by atoms with Gasteiger partial charge in [0.15, 0.2) is 0 Å². The van der Waals surface area contributed by atoms with Crippen LogP contribution in [0.4, 0.5) is 0 Å². The minimum atomic E-state index is -0.180. The van der Waals surface area contributed by atoms with E-state index in [9.17, 15) is 4.79 Å². The Morgan fingerprint density at radius 2 is 1.94 bits per heavy atom. The van der Waals surface area contributed by atoms with E-state index in [1.807, 2.05) is 6.07 Å². The van der Waals surface area contributed by atoms with E-state index in [1.165, 1.54) is 37.7 Å². The molecule has 1 nitrogen and oxygen atoms in total. The van der Waals surface area contributed by atoms with Crippen molar-refractivity contribution < 1.29 is 4.79 Å². The molecule has 1 aliphatic carbocycles. The summed E-state index contributed by atoms with van der Waals surface area (Å²) in [7, 11) is 3.50. The van der Waals surface area contributed by atoms with Crippen LogP contribution < -0.4 is 5.19 Å². The molecule has 0 atom stereocenters. The van der Waals surface area contributed by atoms with Gasteiger partial charge in [-0.05, 0) is 24.3 Å². The second-order valence-electron chi connectivity index (χ2n) is 4.45. The SMILES string of the molecule is O=C(S)c1ccc(C2CCCCC2)cc1[Si]. The van der Waals surface area contributed by atoms with Crippen molar-refractivity contribution in [3.8, 4) is 0 Å². The zero-order chi connectivity index (χ0) is 11.5. The molecule has 83 valence electrons. The van der Waals surface area contributed by atoms with Gasteiger partial charge >= 0.3 is 0 Å². The molecular formula is C13H15OSSi. The predicted molar refractivity (Wildman–Crippen MR) is 71.0 cm³/mol. The summed E-state index contributed by atoms with van der Waals surface area (Å²) in [5, 5.41) is 0.684. The first-order valence-corrected chi connectivity index (χ1v) is 6.72. The summed E-state index contributed by atoms with van der Waals surface area (Å²) in [5.41, 5.74) is 2.00. The highest BCUT2D eigenvalue weighted by Crippen LogP contribution is 2.32. The number of carbonyl (C=O) groups excluding carboxylic acids is 1. The highest BCUT2D eigenvalue weighted by atomic mass is 32.1. The molecule has 0 spiro atoms. The van der Waals surface area contributed by atoms with Crippen LogP contribution in [0.3, 0.4) is 0 Å². The van der Waals surface area contributed by atoms with Gasteiger partial charge in [0.2, 0.25) is 5.12 Å². The van der Waals surface area contributed by atoms with E-state index in [2.05, 4.69) is 35.0 Å². The van der Waals surface area contributed by atoms with Crippen LogP contribution >= 0.6 is 12.6 Å². The molecule has 0 heterocycles. The minimum Gasteiger partial charge on any atom is -0.282 e. The Labute approximate surface area is 105 Å². The van der Waals surface area contributed by atoms with Crippen LogP contribution in [0, 0.1) is 0 Å². The van der Waals surface area contributed by atoms with Gasteiger partial charge in [-0.3, -0.25) is 4.79 Å². The number of carbonyl (C=O) groups is 1. The van der Waals surface area contributed by atoms with Crippen molar-refractivity contribution in [3.05, 3.63) is 29.3 Å². The van der Waals surface area contributed by atoms with Gasteiger partial charge in [0.05, 0.1) is 10.2 Å². The zero-order valence-electron chi connectivity index (χ0n) is 9.20. The lowest BCUT2D eigenvalue weighted by molar-refractivity contribution is 0.109. The molecular weight excluding hydrogens is 232 g/mol. The lowest BCUT2D eigenvalue weighted by Gasteiger charge is -2.22. The summed E-state index contributed by atoms with van der Waals surface area (Å²) in [6, 6.07) is 6.03. The van der Waals surface area contributed by atoms with E-state index in [4.69, 9.17) is 0 Å². The van der Waals surface area contributed by atoms with Crippen molar-refractivity contribution in [1.29, 1.82) is 0 Å². The maximum atomic E-state index is 11.2. The number of benzene rings is 1. The third kappa shape index (κ3) is 2.58. The van der Waals surface area contributed by atoms with Crippen LogP contribution in [-0.4, -0.2) is 15.4 Å². The monoisotopic (exact) mass is 247 g/mol. The quantitative estimate of drug-likeness (QED) is 0.628. The molecule has 0 aromatic heterocycles. The summed E-state index contributed by atoms with van der Waals surface area (Å²) >= 11 is 3.85. The number of hydrogen-bond acceptors (Lipinski definition) is 1. The van der Waals surface area contributed by atoms with Gasteiger partial charge in [-0.2, -0.15) is 0 Å². The fraction of sp³-hybridized carbons (Fsp3) is 0.462. The molecule has 0 unspecified atom stereocenters. The molecule has 2 rings (SSSR count). The smallest absolute Gasteiger partial charge is 0.216 e. The van der Waals surface area contributed by atoms with E-state index in [0.29, 0.717) is 11.5 Å². The molecule has 1 aromatic carbocycles. The Balaban J connectivity index is 2.23. The van der Waals surface area contributed by atoms with E-state index in [-0.39, 0.29) is 5.12 Å². The van der Waals surface area contributed by atoms with Crippen molar-refractivity contribution in [2.45, 2.75) is 38.0 Å². The van der Waals surface area contributed by atoms with Gasteiger partial charge in [0.1, 0.15) is 0 Å². The average Bonchev–Trinajstić information content (AvgIpc) is 2.29. The Bertz CT molecular complexity index is 397. The molecule has 1 aromatic rings. The molecule has 3 radical (unpaired) electrons. The molecule has 1 fully saturated rings. The fourth-order valence-corrected chi connectivity index (χ4v) is 3.10. The number of hydrogen-bond donors (Lipinski definition) is 1. The van der Waals surface area contributed by atoms with Crippen LogP contribution in [0.1, 0.15) is 53.9 Å². The molecule has 0 bridgehead atoms. The maximum Gasteiger partial charge on any atom is 0.216 e. The standard InChI is InChI=1S/C13H15OSSi/c14-13(15)11-7-6-10(8-12(11)16)9-4-2-1-3-5-9/h6-9H,1-5H2,(H,14,15). The Hall–Kier alpha value is -0.543. The van der Waals surface area contributed by atoms with Crippen LogP contribution in [-0.2, 0) is 0 Å². The molecule has 3 heteroatoms. The van der Waals surface area contributed by atoms with E-state index >= 15 is 0 Å². The molecule has 1 aliphatic rings. The third-order valence-corrected chi connectivity index (χ3v) is 4.01. The largest absolute Gasteiger partial charge is 0.282 e. The maximum absolute atomic E-state index is 11.2. The van der Waals surface area contributed by atoms with Crippen LogP contribution in [0.5, 0.6) is 0 Å². The molecule has 0 aliphatic heterocycles. The topological polar surface area (TPSA) is 17.1 Å². The number of thiol groups is 1. The summed E-state index contributed by atoms with van der Waals surface area (Å²) in [6.45, 7) is 0. The lowest BCUT2D eigenvalue weighted by atomic mass is 9.84. The van der Waals surface area contributed by atoms with Gasteiger partial charge in [-0.1, -0.05) is 42.6 Å². The Morgan fingerprint density at radius 1 is 1.25 bits per heavy atom. The fourth-order valence-electron chi connectivity index (χ4n) is 2.44. The van der Waals surface area contributed by atoms with E-state index in [0.717, 1.165) is 5.19 Å². The van der Waals surface area contributed by atoms with Crippen molar-refractivity contribution >= 4 is 33.2 Å². The van der Waals surface area contributed by atoms with Gasteiger partial charge in [-0.15, -0.1) is 12.6 Å². The first-order valence-electron chi connectivity index (χ1n) is 5.77. The Kier molecular flexibility index (Phi) is 3.87. The van der Waals surface area contributed by atoms with Gasteiger partial charge in [0.25, 0.3) is 0 Å². The predicted octanol–water partition coefficient (Wildman–Crippen LogP) is 2.60. The summed E-state index contributed by atoms with van der Waals surface area (Å²) in [4.78, 5) is 11.2. The molecule has 1 saturated carbocycles. The van der Waals surface area contributed by atoms with Crippen molar-refractivity contribution in [1.82, 2.24) is 0 Å². The third-order valence-electron chi connectivity index (χ3n) is 3.35. The first-order chi connectivity index (χ1) is 7.68. The highest BCUT2D eigenvalue weighted by Gasteiger charge is 2.16. The highest BCUT2D eigenvalue weighted by molar-refractivity contribution is 7.97. The normalized spacial score (nSPS) is 17.4. The molecule has 16 heavy (non-hydrogen) atoms.